The van der Waals surface area contributed by atoms with Crippen LogP contribution in [0.5, 0.6) is 0 Å². The number of thiazole rings is 1. The molecule has 0 bridgehead atoms. The molecule has 0 amide bonds. The molecule has 1 nitrogen and oxygen atoms in total. The third-order valence-electron chi connectivity index (χ3n) is 1.43. The van der Waals surface area contributed by atoms with Gasteiger partial charge in [0.1, 0.15) is 0 Å². The number of rotatable bonds is 2. The Hall–Kier alpha value is -0.370. The van der Waals surface area contributed by atoms with Gasteiger partial charge in [-0.3, -0.25) is 0 Å². The van der Waals surface area contributed by atoms with E-state index >= 15 is 0 Å². The summed E-state index contributed by atoms with van der Waals surface area (Å²) in [5.41, 5.74) is 1.23. The molecule has 0 N–H and O–H groups in total. The summed E-state index contributed by atoms with van der Waals surface area (Å²) in [7, 11) is 0. The lowest BCUT2D eigenvalue weighted by Gasteiger charge is -1.95. The van der Waals surface area contributed by atoms with Crippen molar-refractivity contribution in [3.05, 3.63) is 16.1 Å². The molecule has 0 aliphatic rings. The fraction of sp³-hybridized carbons (Fsp3) is 0.700. The van der Waals surface area contributed by atoms with E-state index in [1.54, 1.807) is 11.3 Å². The molecule has 12 heavy (non-hydrogen) atoms. The van der Waals surface area contributed by atoms with Gasteiger partial charge in [-0.15, -0.1) is 11.3 Å². The zero-order valence-corrected chi connectivity index (χ0v) is 9.53. The SMILES string of the molecule is CC.CCc1csc(C(C)C)n1. The monoisotopic (exact) mass is 185 g/mol. The molecule has 0 aliphatic carbocycles. The first-order chi connectivity index (χ1) is 5.74. The first-order valence-corrected chi connectivity index (χ1v) is 5.56. The zero-order valence-electron chi connectivity index (χ0n) is 8.72. The second kappa shape index (κ2) is 6.18. The lowest BCUT2D eigenvalue weighted by atomic mass is 10.2. The van der Waals surface area contributed by atoms with Crippen LogP contribution in [0.1, 0.15) is 51.2 Å². The van der Waals surface area contributed by atoms with Crippen LogP contribution in [0.25, 0.3) is 0 Å². The van der Waals surface area contributed by atoms with E-state index in [9.17, 15) is 0 Å². The van der Waals surface area contributed by atoms with Gasteiger partial charge in [-0.25, -0.2) is 4.98 Å². The van der Waals surface area contributed by atoms with Crippen molar-refractivity contribution in [2.75, 3.05) is 0 Å². The van der Waals surface area contributed by atoms with Crippen molar-refractivity contribution in [2.24, 2.45) is 0 Å². The zero-order chi connectivity index (χ0) is 9.56. The van der Waals surface area contributed by atoms with Crippen LogP contribution in [0.3, 0.4) is 0 Å². The number of aromatic nitrogens is 1. The molecule has 0 atom stereocenters. The summed E-state index contributed by atoms with van der Waals surface area (Å²) in [5.74, 6) is 0.588. The Morgan fingerprint density at radius 1 is 1.42 bits per heavy atom. The van der Waals surface area contributed by atoms with Gasteiger partial charge in [0.05, 0.1) is 10.7 Å². The van der Waals surface area contributed by atoms with E-state index < -0.39 is 0 Å². The van der Waals surface area contributed by atoms with Crippen LogP contribution in [0, 0.1) is 0 Å². The molecule has 0 spiro atoms. The number of hydrogen-bond donors (Lipinski definition) is 0. The van der Waals surface area contributed by atoms with Crippen LogP contribution in [0.15, 0.2) is 5.38 Å². The van der Waals surface area contributed by atoms with Crippen molar-refractivity contribution in [3.63, 3.8) is 0 Å². The standard InChI is InChI=1S/C8H13NS.C2H6/c1-4-7-5-10-8(9-7)6(2)3;1-2/h5-6H,4H2,1-3H3;1-2H3. The molecule has 1 rings (SSSR count). The molecular weight excluding hydrogens is 166 g/mol. The Morgan fingerprint density at radius 3 is 2.25 bits per heavy atom. The number of nitrogens with zero attached hydrogens (tertiary/aromatic N) is 1. The number of hydrogen-bond acceptors (Lipinski definition) is 2. The molecule has 0 unspecified atom stereocenters. The summed E-state index contributed by atoms with van der Waals surface area (Å²) >= 11 is 1.77. The third kappa shape index (κ3) is 3.35. The molecule has 2 heteroatoms. The van der Waals surface area contributed by atoms with E-state index in [-0.39, 0.29) is 0 Å². The smallest absolute Gasteiger partial charge is 0.0953 e. The summed E-state index contributed by atoms with van der Waals surface area (Å²) < 4.78 is 0. The Balaban J connectivity index is 0.000000561. The summed E-state index contributed by atoms with van der Waals surface area (Å²) in [5, 5.41) is 3.41. The summed E-state index contributed by atoms with van der Waals surface area (Å²) in [6.07, 6.45) is 1.06. The molecule has 0 saturated heterocycles. The van der Waals surface area contributed by atoms with Gasteiger partial charge >= 0.3 is 0 Å². The second-order valence-corrected chi connectivity index (χ2v) is 3.58. The fourth-order valence-electron chi connectivity index (χ4n) is 0.750. The molecule has 0 radical (unpaired) electrons. The predicted molar refractivity (Wildman–Crippen MR) is 56.9 cm³/mol. The minimum absolute atomic E-state index is 0.588. The Kier molecular flexibility index (Phi) is 5.99. The Labute approximate surface area is 79.9 Å². The van der Waals surface area contributed by atoms with Crippen LogP contribution in [-0.2, 0) is 6.42 Å². The summed E-state index contributed by atoms with van der Waals surface area (Å²) in [6.45, 7) is 10.5. The minimum Gasteiger partial charge on any atom is -0.246 e. The molecule has 1 heterocycles. The maximum atomic E-state index is 4.45. The van der Waals surface area contributed by atoms with Crippen LogP contribution >= 0.6 is 11.3 Å². The highest BCUT2D eigenvalue weighted by Crippen LogP contribution is 2.18. The van der Waals surface area contributed by atoms with Gasteiger partial charge in [-0.2, -0.15) is 0 Å². The normalized spacial score (nSPS) is 9.50. The van der Waals surface area contributed by atoms with E-state index in [1.165, 1.54) is 10.7 Å². The summed E-state index contributed by atoms with van der Waals surface area (Å²) in [4.78, 5) is 4.45. The van der Waals surface area contributed by atoms with Crippen molar-refractivity contribution >= 4 is 11.3 Å². The van der Waals surface area contributed by atoms with Gasteiger partial charge in [0.25, 0.3) is 0 Å². The van der Waals surface area contributed by atoms with Crippen LogP contribution in [-0.4, -0.2) is 4.98 Å². The van der Waals surface area contributed by atoms with E-state index in [2.05, 4.69) is 31.1 Å². The average Bonchev–Trinajstić information content (AvgIpc) is 2.55. The van der Waals surface area contributed by atoms with Crippen molar-refractivity contribution in [1.82, 2.24) is 4.98 Å². The van der Waals surface area contributed by atoms with Gasteiger partial charge in [-0.05, 0) is 6.42 Å². The average molecular weight is 185 g/mol. The molecule has 0 saturated carbocycles. The van der Waals surface area contributed by atoms with Crippen LogP contribution in [0.4, 0.5) is 0 Å². The largest absolute Gasteiger partial charge is 0.246 e. The van der Waals surface area contributed by atoms with Crippen molar-refractivity contribution < 1.29 is 0 Å². The highest BCUT2D eigenvalue weighted by atomic mass is 32.1. The molecular formula is C10H19NS. The van der Waals surface area contributed by atoms with E-state index in [0.717, 1.165) is 6.42 Å². The minimum atomic E-state index is 0.588. The maximum absolute atomic E-state index is 4.45. The van der Waals surface area contributed by atoms with Crippen molar-refractivity contribution in [1.29, 1.82) is 0 Å². The van der Waals surface area contributed by atoms with Crippen molar-refractivity contribution in [3.8, 4) is 0 Å². The topological polar surface area (TPSA) is 12.9 Å². The number of aryl methyl sites for hydroxylation is 1. The fourth-order valence-corrected chi connectivity index (χ4v) is 1.67. The van der Waals surface area contributed by atoms with Gasteiger partial charge in [0.2, 0.25) is 0 Å². The third-order valence-corrected chi connectivity index (χ3v) is 2.62. The summed E-state index contributed by atoms with van der Waals surface area (Å²) in [6, 6.07) is 0. The molecule has 70 valence electrons. The first kappa shape index (κ1) is 11.6. The van der Waals surface area contributed by atoms with E-state index in [4.69, 9.17) is 0 Å². The van der Waals surface area contributed by atoms with Crippen LogP contribution < -0.4 is 0 Å². The molecule has 0 aromatic carbocycles. The quantitative estimate of drug-likeness (QED) is 0.682. The van der Waals surface area contributed by atoms with Gasteiger partial charge in [0, 0.05) is 11.3 Å². The van der Waals surface area contributed by atoms with E-state index in [0.29, 0.717) is 5.92 Å². The van der Waals surface area contributed by atoms with Crippen molar-refractivity contribution in [2.45, 2.75) is 47.0 Å². The Bertz CT molecular complexity index is 203. The van der Waals surface area contributed by atoms with E-state index in [1.807, 2.05) is 13.8 Å². The van der Waals surface area contributed by atoms with Gasteiger partial charge in [0.15, 0.2) is 0 Å². The first-order valence-electron chi connectivity index (χ1n) is 4.68. The lowest BCUT2D eigenvalue weighted by molar-refractivity contribution is 0.840. The molecule has 1 aromatic heterocycles. The maximum Gasteiger partial charge on any atom is 0.0953 e. The molecule has 0 fully saturated rings. The predicted octanol–water partition coefficient (Wildman–Crippen LogP) is 3.86. The van der Waals surface area contributed by atoms with Crippen LogP contribution in [0.2, 0.25) is 0 Å². The second-order valence-electron chi connectivity index (χ2n) is 2.69. The van der Waals surface area contributed by atoms with Gasteiger partial charge < -0.3 is 0 Å². The molecule has 1 aromatic rings. The van der Waals surface area contributed by atoms with Gasteiger partial charge in [-0.1, -0.05) is 34.6 Å². The Morgan fingerprint density at radius 2 is 2.00 bits per heavy atom. The highest BCUT2D eigenvalue weighted by Gasteiger charge is 2.02. The lowest BCUT2D eigenvalue weighted by Crippen LogP contribution is -1.86. The highest BCUT2D eigenvalue weighted by molar-refractivity contribution is 7.09. The molecule has 0 aliphatic heterocycles.